The summed E-state index contributed by atoms with van der Waals surface area (Å²) >= 11 is 0. The number of rotatable bonds is 5. The number of hydrogen-bond donors (Lipinski definition) is 1. The molecule has 2 aromatic heterocycles. The Bertz CT molecular complexity index is 1740. The zero-order valence-electron chi connectivity index (χ0n) is 25.3. The van der Waals surface area contributed by atoms with Crippen LogP contribution in [0.5, 0.6) is 0 Å². The minimum Gasteiger partial charge on any atom is -0.382 e. The van der Waals surface area contributed by atoms with Gasteiger partial charge in [0.2, 0.25) is 11.9 Å². The van der Waals surface area contributed by atoms with Crippen LogP contribution in [0.25, 0.3) is 32.9 Å². The van der Waals surface area contributed by atoms with Crippen molar-refractivity contribution in [2.45, 2.75) is 32.9 Å². The molecule has 4 aromatic rings. The molecule has 2 saturated heterocycles. The van der Waals surface area contributed by atoms with Crippen LogP contribution in [0.2, 0.25) is 0 Å². The number of anilines is 3. The van der Waals surface area contributed by atoms with Gasteiger partial charge in [-0.05, 0) is 75.3 Å². The molecule has 2 aliphatic rings. The Balaban J connectivity index is 1.54. The van der Waals surface area contributed by atoms with Crippen LogP contribution in [0.3, 0.4) is 0 Å². The fraction of sp³-hybridized carbons (Fsp3) is 0.419. The molecule has 0 aliphatic carbocycles. The molecule has 6 rings (SSSR count). The van der Waals surface area contributed by atoms with Crippen LogP contribution in [0.4, 0.5) is 17.6 Å². The van der Waals surface area contributed by atoms with E-state index in [9.17, 15) is 4.79 Å². The molecule has 2 fully saturated rings. The molecule has 0 saturated carbocycles. The summed E-state index contributed by atoms with van der Waals surface area (Å²) in [7, 11) is 9.14. The monoisotopic (exact) mass is 585 g/mol. The van der Waals surface area contributed by atoms with Crippen LogP contribution in [-0.2, 0) is 11.8 Å². The van der Waals surface area contributed by atoms with Gasteiger partial charge >= 0.3 is 0 Å². The van der Waals surface area contributed by atoms with E-state index in [2.05, 4.69) is 88.7 Å². The number of fused-ring (bicyclic) bond motifs is 2. The van der Waals surface area contributed by atoms with Gasteiger partial charge in [-0.15, -0.1) is 9.24 Å². The standard InChI is InChI=1S/C31H40N9OP/c1-8-23(41)40-12-11-38(14-19(40)4)30-21-13-18(3)25(24-17(2)9-10-22-26(24)29(32)35-37(22)7)28(42)27(21)33-31(34-30)39-15-20(16-39)36(5)6/h8-10,13,19-20H,1,11-12,14-16,42H2,2-7H3,(H2,32,35)/t19-/m1/s1. The first-order chi connectivity index (χ1) is 20.0. The number of carbonyl (C=O) groups excluding carboxylic acids is 1. The molecule has 2 aliphatic heterocycles. The van der Waals surface area contributed by atoms with Crippen molar-refractivity contribution in [3.05, 3.63) is 42.0 Å². The summed E-state index contributed by atoms with van der Waals surface area (Å²) in [5.41, 5.74) is 12.8. The maximum absolute atomic E-state index is 12.5. The fourth-order valence-electron chi connectivity index (χ4n) is 6.47. The molecule has 0 radical (unpaired) electrons. The lowest BCUT2D eigenvalue weighted by molar-refractivity contribution is -0.128. The molecule has 0 bridgehead atoms. The number of likely N-dealkylation sites (N-methyl/N-ethyl adjacent to an activating group) is 1. The van der Waals surface area contributed by atoms with Crippen LogP contribution in [0.15, 0.2) is 30.9 Å². The van der Waals surface area contributed by atoms with Gasteiger partial charge in [0, 0.05) is 62.5 Å². The summed E-state index contributed by atoms with van der Waals surface area (Å²) in [6.45, 7) is 13.8. The molecule has 11 heteroatoms. The second-order valence-electron chi connectivity index (χ2n) is 11.9. The van der Waals surface area contributed by atoms with Crippen LogP contribution in [0, 0.1) is 13.8 Å². The molecule has 0 spiro atoms. The summed E-state index contributed by atoms with van der Waals surface area (Å²) < 4.78 is 1.84. The predicted molar refractivity (Wildman–Crippen MR) is 176 cm³/mol. The molecule has 220 valence electrons. The minimum absolute atomic E-state index is 0.0300. The number of carbonyl (C=O) groups is 1. The first-order valence-corrected chi connectivity index (χ1v) is 15.0. The second-order valence-corrected chi connectivity index (χ2v) is 12.5. The molecule has 10 nitrogen and oxygen atoms in total. The van der Waals surface area contributed by atoms with Gasteiger partial charge in [-0.2, -0.15) is 10.1 Å². The third kappa shape index (κ3) is 4.48. The number of benzene rings is 2. The zero-order chi connectivity index (χ0) is 30.0. The Labute approximate surface area is 249 Å². The van der Waals surface area contributed by atoms with E-state index in [4.69, 9.17) is 15.7 Å². The average molecular weight is 586 g/mol. The summed E-state index contributed by atoms with van der Waals surface area (Å²) in [6.07, 6.45) is 1.40. The molecule has 4 heterocycles. The Morgan fingerprint density at radius 3 is 2.50 bits per heavy atom. The van der Waals surface area contributed by atoms with Gasteiger partial charge in [-0.1, -0.05) is 12.6 Å². The lowest BCUT2D eigenvalue weighted by atomic mass is 9.91. The number of amides is 1. The third-order valence-corrected chi connectivity index (χ3v) is 9.52. The van der Waals surface area contributed by atoms with E-state index in [0.29, 0.717) is 31.5 Å². The lowest BCUT2D eigenvalue weighted by Gasteiger charge is -2.44. The van der Waals surface area contributed by atoms with Crippen molar-refractivity contribution in [3.8, 4) is 11.1 Å². The highest BCUT2D eigenvalue weighted by molar-refractivity contribution is 7.29. The van der Waals surface area contributed by atoms with E-state index in [0.717, 1.165) is 74.2 Å². The van der Waals surface area contributed by atoms with Crippen molar-refractivity contribution >= 4 is 59.8 Å². The first-order valence-electron chi connectivity index (χ1n) is 14.4. The van der Waals surface area contributed by atoms with E-state index in [1.165, 1.54) is 6.08 Å². The highest BCUT2D eigenvalue weighted by Crippen LogP contribution is 2.40. The lowest BCUT2D eigenvalue weighted by Crippen LogP contribution is -2.58. The Hall–Kier alpha value is -3.75. The van der Waals surface area contributed by atoms with Gasteiger partial charge in [-0.3, -0.25) is 9.48 Å². The molecule has 42 heavy (non-hydrogen) atoms. The number of aryl methyl sites for hydroxylation is 3. The topological polar surface area (TPSA) is 99.7 Å². The number of nitrogens with zero attached hydrogens (tertiary/aromatic N) is 8. The number of nitrogen functional groups attached to an aromatic ring is 1. The Morgan fingerprint density at radius 1 is 1.10 bits per heavy atom. The fourth-order valence-corrected chi connectivity index (χ4v) is 7.06. The van der Waals surface area contributed by atoms with Crippen LogP contribution >= 0.6 is 9.24 Å². The van der Waals surface area contributed by atoms with Gasteiger partial charge < -0.3 is 25.3 Å². The van der Waals surface area contributed by atoms with E-state index < -0.39 is 0 Å². The Morgan fingerprint density at radius 2 is 1.83 bits per heavy atom. The molecule has 1 unspecified atom stereocenters. The van der Waals surface area contributed by atoms with E-state index in [1.807, 2.05) is 16.6 Å². The van der Waals surface area contributed by atoms with Crippen molar-refractivity contribution < 1.29 is 4.79 Å². The summed E-state index contributed by atoms with van der Waals surface area (Å²) in [5.74, 6) is 2.14. The molecular weight excluding hydrogens is 545 g/mol. The summed E-state index contributed by atoms with van der Waals surface area (Å²) in [6, 6.07) is 6.93. The third-order valence-electron chi connectivity index (χ3n) is 8.96. The normalized spacial score (nSPS) is 17.9. The van der Waals surface area contributed by atoms with Crippen molar-refractivity contribution in [1.82, 2.24) is 29.5 Å². The molecule has 1 amide bonds. The quantitative estimate of drug-likeness (QED) is 0.282. The van der Waals surface area contributed by atoms with Gasteiger partial charge in [0.15, 0.2) is 5.82 Å². The van der Waals surface area contributed by atoms with Crippen LogP contribution < -0.4 is 20.8 Å². The van der Waals surface area contributed by atoms with Crippen LogP contribution in [0.1, 0.15) is 18.1 Å². The number of nitrogens with two attached hydrogens (primary N) is 1. The van der Waals surface area contributed by atoms with Crippen molar-refractivity contribution in [1.29, 1.82) is 0 Å². The second kappa shape index (κ2) is 10.5. The van der Waals surface area contributed by atoms with Gasteiger partial charge in [0.25, 0.3) is 0 Å². The number of hydrogen-bond acceptors (Lipinski definition) is 8. The van der Waals surface area contributed by atoms with Crippen molar-refractivity contribution in [2.75, 3.05) is 62.4 Å². The maximum atomic E-state index is 12.5. The highest BCUT2D eigenvalue weighted by atomic mass is 31.0. The maximum Gasteiger partial charge on any atom is 0.246 e. The predicted octanol–water partition coefficient (Wildman–Crippen LogP) is 2.86. The molecule has 2 N–H and O–H groups in total. The van der Waals surface area contributed by atoms with E-state index >= 15 is 0 Å². The average Bonchev–Trinajstić information content (AvgIpc) is 3.21. The van der Waals surface area contributed by atoms with Crippen molar-refractivity contribution in [3.63, 3.8) is 0 Å². The minimum atomic E-state index is -0.0300. The zero-order valence-corrected chi connectivity index (χ0v) is 26.5. The van der Waals surface area contributed by atoms with Gasteiger partial charge in [-0.25, -0.2) is 4.98 Å². The van der Waals surface area contributed by atoms with Crippen molar-refractivity contribution in [2.24, 2.45) is 7.05 Å². The van der Waals surface area contributed by atoms with Crippen LogP contribution in [-0.4, -0.2) is 94.4 Å². The first kappa shape index (κ1) is 28.4. The highest BCUT2D eigenvalue weighted by Gasteiger charge is 2.33. The van der Waals surface area contributed by atoms with E-state index in [1.54, 1.807) is 0 Å². The Kier molecular flexibility index (Phi) is 7.10. The van der Waals surface area contributed by atoms with Gasteiger partial charge in [0.1, 0.15) is 5.82 Å². The van der Waals surface area contributed by atoms with Gasteiger partial charge in [0.05, 0.1) is 16.4 Å². The largest absolute Gasteiger partial charge is 0.382 e. The van der Waals surface area contributed by atoms with E-state index in [-0.39, 0.29) is 11.9 Å². The molecular formula is C31H40N9OP. The molecule has 2 aromatic carbocycles. The number of piperazine rings is 1. The summed E-state index contributed by atoms with van der Waals surface area (Å²) in [5, 5.41) is 7.53. The number of aromatic nitrogens is 4. The summed E-state index contributed by atoms with van der Waals surface area (Å²) in [4.78, 5) is 31.5. The smallest absolute Gasteiger partial charge is 0.246 e. The molecule has 2 atom stereocenters. The SMILES string of the molecule is C=CC(=O)N1CCN(c2nc(N3CC(N(C)C)C3)nc3c(P)c(-c4c(C)ccc5c4c(N)nn5C)c(C)cc23)C[C@H]1C.